The number of rotatable bonds is 5. The maximum absolute atomic E-state index is 13.1. The van der Waals surface area contributed by atoms with Crippen molar-refractivity contribution in [3.05, 3.63) is 71.0 Å². The summed E-state index contributed by atoms with van der Waals surface area (Å²) in [6, 6.07) is 10.4. The number of anilines is 1. The summed E-state index contributed by atoms with van der Waals surface area (Å²) in [7, 11) is 1.81. The molecule has 0 spiro atoms. The zero-order valence-electron chi connectivity index (χ0n) is 19.9. The summed E-state index contributed by atoms with van der Waals surface area (Å²) in [5.74, 6) is -0.306. The van der Waals surface area contributed by atoms with Gasteiger partial charge in [-0.05, 0) is 49.7 Å². The number of likely N-dealkylation sites (tertiary alicyclic amines) is 1. The van der Waals surface area contributed by atoms with Gasteiger partial charge in [-0.1, -0.05) is 0 Å². The first-order valence-electron chi connectivity index (χ1n) is 11.5. The lowest BCUT2D eigenvalue weighted by molar-refractivity contribution is 0.0783. The number of phenols is 1. The second-order valence-electron chi connectivity index (χ2n) is 8.91. The molecular formula is C26H26N6O3S. The molecule has 5 rings (SSSR count). The van der Waals surface area contributed by atoms with E-state index in [0.717, 1.165) is 20.9 Å². The fourth-order valence-electron chi connectivity index (χ4n) is 4.35. The third-order valence-electron chi connectivity index (χ3n) is 6.26. The monoisotopic (exact) mass is 502 g/mol. The van der Waals surface area contributed by atoms with Crippen molar-refractivity contribution in [3.8, 4) is 27.3 Å². The number of phenolic OH excluding ortho intramolecular Hbond substituents is 1. The minimum atomic E-state index is -0.335. The van der Waals surface area contributed by atoms with Crippen LogP contribution in [0.15, 0.2) is 55.0 Å². The van der Waals surface area contributed by atoms with Gasteiger partial charge in [0.25, 0.3) is 11.8 Å². The van der Waals surface area contributed by atoms with Crippen LogP contribution in [0.25, 0.3) is 21.6 Å². The van der Waals surface area contributed by atoms with Crippen molar-refractivity contribution in [3.63, 3.8) is 0 Å². The Labute approximate surface area is 212 Å². The van der Waals surface area contributed by atoms with E-state index in [4.69, 9.17) is 5.73 Å². The highest BCUT2D eigenvalue weighted by molar-refractivity contribution is 7.15. The molecule has 1 atom stereocenters. The van der Waals surface area contributed by atoms with E-state index in [1.807, 2.05) is 32.3 Å². The number of nitrogens with two attached hydrogens (primary N) is 1. The summed E-state index contributed by atoms with van der Waals surface area (Å²) in [6.45, 7) is 2.88. The van der Waals surface area contributed by atoms with E-state index < -0.39 is 0 Å². The molecule has 1 aliphatic rings. The number of amides is 2. The molecule has 0 aliphatic carbocycles. The molecule has 10 heteroatoms. The van der Waals surface area contributed by atoms with Gasteiger partial charge in [-0.3, -0.25) is 14.3 Å². The summed E-state index contributed by atoms with van der Waals surface area (Å²) in [6.07, 6.45) is 5.76. The molecule has 2 amide bonds. The molecular weight excluding hydrogens is 476 g/mol. The highest BCUT2D eigenvalue weighted by atomic mass is 32.1. The van der Waals surface area contributed by atoms with Crippen molar-refractivity contribution in [1.29, 1.82) is 0 Å². The normalized spacial score (nSPS) is 15.3. The molecule has 1 saturated heterocycles. The minimum absolute atomic E-state index is 0.0724. The Hall–Kier alpha value is -4.18. The molecule has 0 radical (unpaired) electrons. The average Bonchev–Trinajstić information content (AvgIpc) is 3.60. The number of carbonyl (C=O) groups is 2. The second kappa shape index (κ2) is 9.46. The summed E-state index contributed by atoms with van der Waals surface area (Å²) in [4.78, 5) is 34.0. The lowest BCUT2D eigenvalue weighted by Crippen LogP contribution is -2.38. The van der Waals surface area contributed by atoms with E-state index >= 15 is 0 Å². The van der Waals surface area contributed by atoms with Crippen LogP contribution in [0, 0.1) is 6.92 Å². The van der Waals surface area contributed by atoms with Crippen LogP contribution in [0.2, 0.25) is 0 Å². The van der Waals surface area contributed by atoms with Gasteiger partial charge in [0.1, 0.15) is 11.6 Å². The molecule has 0 saturated carbocycles. The summed E-state index contributed by atoms with van der Waals surface area (Å²) in [5.41, 5.74) is 8.96. The fourth-order valence-corrected chi connectivity index (χ4v) is 5.25. The number of thiophene rings is 1. The van der Waals surface area contributed by atoms with Crippen LogP contribution in [-0.2, 0) is 7.05 Å². The highest BCUT2D eigenvalue weighted by Crippen LogP contribution is 2.35. The van der Waals surface area contributed by atoms with Gasteiger partial charge in [0, 0.05) is 70.6 Å². The number of aryl methyl sites for hydroxylation is 2. The number of benzene rings is 1. The van der Waals surface area contributed by atoms with Gasteiger partial charge in [-0.25, -0.2) is 4.98 Å². The van der Waals surface area contributed by atoms with Gasteiger partial charge in [-0.2, -0.15) is 5.10 Å². The largest absolute Gasteiger partial charge is 0.507 e. The number of carbonyl (C=O) groups excluding carboxylic acids is 2. The molecule has 3 aromatic heterocycles. The number of aromatic nitrogens is 3. The Morgan fingerprint density at radius 3 is 2.69 bits per heavy atom. The van der Waals surface area contributed by atoms with Crippen LogP contribution in [0.4, 0.5) is 5.82 Å². The lowest BCUT2D eigenvalue weighted by Gasteiger charge is -2.18. The van der Waals surface area contributed by atoms with Crippen molar-refractivity contribution in [2.45, 2.75) is 19.4 Å². The Morgan fingerprint density at radius 2 is 2.00 bits per heavy atom. The van der Waals surface area contributed by atoms with Gasteiger partial charge in [-0.15, -0.1) is 11.3 Å². The number of aromatic hydroxyl groups is 1. The number of nitrogen functional groups attached to an aromatic ring is 1. The van der Waals surface area contributed by atoms with Crippen LogP contribution in [0.5, 0.6) is 5.75 Å². The summed E-state index contributed by atoms with van der Waals surface area (Å²) >= 11 is 1.59. The van der Waals surface area contributed by atoms with Crippen molar-refractivity contribution in [2.75, 3.05) is 18.8 Å². The van der Waals surface area contributed by atoms with Gasteiger partial charge in [0.15, 0.2) is 0 Å². The first kappa shape index (κ1) is 23.6. The maximum atomic E-state index is 13.1. The standard InChI is InChI=1S/C26H26N6O3S/c1-15-3-6-23(36-15)20-5-4-16(10-22(20)33)26(35)32-8-7-19(14-32)30-25(34)21-9-17(11-28-24(21)27)18-12-29-31(2)13-18/h3-6,9-13,19,33H,7-8,14H2,1-2H3,(H2,27,28)(H,30,34)/t19-/m1/s1. The third-order valence-corrected chi connectivity index (χ3v) is 7.30. The highest BCUT2D eigenvalue weighted by Gasteiger charge is 2.29. The molecule has 1 fully saturated rings. The molecule has 1 aromatic carbocycles. The summed E-state index contributed by atoms with van der Waals surface area (Å²) < 4.78 is 1.67. The predicted octanol–water partition coefficient (Wildman–Crippen LogP) is 3.45. The number of nitrogens with zero attached hydrogens (tertiary/aromatic N) is 4. The van der Waals surface area contributed by atoms with E-state index in [9.17, 15) is 14.7 Å². The molecule has 4 aromatic rings. The average molecular weight is 503 g/mol. The molecule has 0 unspecified atom stereocenters. The van der Waals surface area contributed by atoms with Crippen LogP contribution >= 0.6 is 11.3 Å². The fraction of sp³-hybridized carbons (Fsp3) is 0.231. The van der Waals surface area contributed by atoms with E-state index in [1.165, 1.54) is 6.07 Å². The van der Waals surface area contributed by atoms with Crippen LogP contribution in [0.3, 0.4) is 0 Å². The number of hydrogen-bond acceptors (Lipinski definition) is 7. The quantitative estimate of drug-likeness (QED) is 0.384. The SMILES string of the molecule is Cc1ccc(-c2ccc(C(=O)N3CC[C@@H](NC(=O)c4cc(-c5cnn(C)c5)cnc4N)C3)cc2O)s1. The Bertz CT molecular complexity index is 1460. The zero-order valence-corrected chi connectivity index (χ0v) is 20.7. The van der Waals surface area contributed by atoms with Crippen molar-refractivity contribution in [1.82, 2.24) is 25.0 Å². The second-order valence-corrected chi connectivity index (χ2v) is 10.2. The van der Waals surface area contributed by atoms with E-state index in [-0.39, 0.29) is 35.0 Å². The number of hydrogen-bond donors (Lipinski definition) is 3. The van der Waals surface area contributed by atoms with Crippen molar-refractivity contribution < 1.29 is 14.7 Å². The lowest BCUT2D eigenvalue weighted by atomic mass is 10.1. The molecule has 9 nitrogen and oxygen atoms in total. The summed E-state index contributed by atoms with van der Waals surface area (Å²) in [5, 5.41) is 17.7. The van der Waals surface area contributed by atoms with Gasteiger partial charge < -0.3 is 21.1 Å². The molecule has 4 heterocycles. The molecule has 1 aliphatic heterocycles. The Balaban J connectivity index is 1.25. The van der Waals surface area contributed by atoms with E-state index in [2.05, 4.69) is 15.4 Å². The third kappa shape index (κ3) is 4.67. The maximum Gasteiger partial charge on any atom is 0.255 e. The van der Waals surface area contributed by atoms with Gasteiger partial charge in [0.2, 0.25) is 0 Å². The van der Waals surface area contributed by atoms with Crippen LogP contribution in [-0.4, -0.2) is 55.7 Å². The predicted molar refractivity (Wildman–Crippen MR) is 139 cm³/mol. The Kier molecular flexibility index (Phi) is 6.19. The smallest absolute Gasteiger partial charge is 0.255 e. The molecule has 36 heavy (non-hydrogen) atoms. The first-order valence-corrected chi connectivity index (χ1v) is 12.3. The molecule has 0 bridgehead atoms. The van der Waals surface area contributed by atoms with Crippen molar-refractivity contribution in [2.24, 2.45) is 7.05 Å². The number of pyridine rings is 1. The topological polar surface area (TPSA) is 126 Å². The van der Waals surface area contributed by atoms with Crippen LogP contribution in [0.1, 0.15) is 32.0 Å². The van der Waals surface area contributed by atoms with Gasteiger partial charge >= 0.3 is 0 Å². The Morgan fingerprint density at radius 1 is 1.17 bits per heavy atom. The minimum Gasteiger partial charge on any atom is -0.507 e. The number of nitrogens with one attached hydrogen (secondary N) is 1. The van der Waals surface area contributed by atoms with Crippen LogP contribution < -0.4 is 11.1 Å². The van der Waals surface area contributed by atoms with Crippen molar-refractivity contribution >= 4 is 29.0 Å². The van der Waals surface area contributed by atoms with E-state index in [1.54, 1.807) is 51.5 Å². The van der Waals surface area contributed by atoms with Gasteiger partial charge in [0.05, 0.1) is 11.8 Å². The zero-order chi connectivity index (χ0) is 25.4. The van der Waals surface area contributed by atoms with E-state index in [0.29, 0.717) is 30.6 Å². The first-order chi connectivity index (χ1) is 17.3. The molecule has 4 N–H and O–H groups in total. The molecule has 184 valence electrons.